The molecule has 1 saturated heterocycles. The standard InChI is InChI=1S/C17H27BN2O2/c1-12-8-14(9-13(2)20-12)10-15(11-19-7)18-21-16(3,4)17(5,6)22-18/h8-10,19H,11H2,1-7H3. The summed E-state index contributed by atoms with van der Waals surface area (Å²) in [6.45, 7) is 13.0. The number of hydrogen-bond acceptors (Lipinski definition) is 4. The van der Waals surface area contributed by atoms with Gasteiger partial charge in [-0.25, -0.2) is 0 Å². The number of aryl methyl sites for hydroxylation is 2. The lowest BCUT2D eigenvalue weighted by Gasteiger charge is -2.32. The van der Waals surface area contributed by atoms with Crippen molar-refractivity contribution in [2.45, 2.75) is 52.7 Å². The molecule has 0 atom stereocenters. The van der Waals surface area contributed by atoms with Crippen LogP contribution in [0.1, 0.15) is 44.6 Å². The normalized spacial score (nSPS) is 20.5. The first-order valence-corrected chi connectivity index (χ1v) is 7.80. The summed E-state index contributed by atoms with van der Waals surface area (Å²) in [6, 6.07) is 4.15. The second-order valence-electron chi connectivity index (χ2n) is 7.02. The van der Waals surface area contributed by atoms with Gasteiger partial charge in [-0.2, -0.15) is 0 Å². The van der Waals surface area contributed by atoms with E-state index in [0.717, 1.165) is 29.0 Å². The van der Waals surface area contributed by atoms with E-state index in [4.69, 9.17) is 9.31 Å². The fourth-order valence-electron chi connectivity index (χ4n) is 2.57. The van der Waals surface area contributed by atoms with Gasteiger partial charge in [0.15, 0.2) is 0 Å². The Morgan fingerprint density at radius 3 is 2.09 bits per heavy atom. The molecule has 1 aromatic rings. The molecule has 0 amide bonds. The molecule has 22 heavy (non-hydrogen) atoms. The smallest absolute Gasteiger partial charge is 0.400 e. The number of hydrogen-bond donors (Lipinski definition) is 1. The first kappa shape index (κ1) is 17.2. The molecule has 0 bridgehead atoms. The highest BCUT2D eigenvalue weighted by Crippen LogP contribution is 2.38. The predicted octanol–water partition coefficient (Wildman–Crippen LogP) is 2.93. The van der Waals surface area contributed by atoms with Gasteiger partial charge in [0.25, 0.3) is 0 Å². The minimum absolute atomic E-state index is 0.325. The van der Waals surface area contributed by atoms with Crippen LogP contribution >= 0.6 is 0 Å². The Morgan fingerprint density at radius 2 is 1.64 bits per heavy atom. The third-order valence-electron chi connectivity index (χ3n) is 4.39. The van der Waals surface area contributed by atoms with E-state index < -0.39 is 0 Å². The molecule has 5 heteroatoms. The maximum absolute atomic E-state index is 6.17. The van der Waals surface area contributed by atoms with E-state index in [2.05, 4.69) is 56.2 Å². The Balaban J connectivity index is 2.33. The summed E-state index contributed by atoms with van der Waals surface area (Å²) in [5.74, 6) is 0. The van der Waals surface area contributed by atoms with Crippen LogP contribution in [0, 0.1) is 13.8 Å². The van der Waals surface area contributed by atoms with Crippen molar-refractivity contribution in [3.8, 4) is 0 Å². The van der Waals surface area contributed by atoms with Crippen LogP contribution in [0.15, 0.2) is 17.6 Å². The van der Waals surface area contributed by atoms with Crippen molar-refractivity contribution in [3.05, 3.63) is 34.6 Å². The van der Waals surface area contributed by atoms with Gasteiger partial charge in [0.1, 0.15) is 0 Å². The number of nitrogens with zero attached hydrogens (tertiary/aromatic N) is 1. The van der Waals surface area contributed by atoms with E-state index in [0.29, 0.717) is 0 Å². The van der Waals surface area contributed by atoms with Crippen molar-refractivity contribution < 1.29 is 9.31 Å². The van der Waals surface area contributed by atoms with Crippen LogP contribution in [0.25, 0.3) is 6.08 Å². The molecular formula is C17H27BN2O2. The third-order valence-corrected chi connectivity index (χ3v) is 4.39. The first-order chi connectivity index (χ1) is 10.1. The summed E-state index contributed by atoms with van der Waals surface area (Å²) in [7, 11) is 1.61. The van der Waals surface area contributed by atoms with Crippen LogP contribution in [0.3, 0.4) is 0 Å². The van der Waals surface area contributed by atoms with Crippen molar-refractivity contribution in [1.82, 2.24) is 10.3 Å². The minimum Gasteiger partial charge on any atom is -0.400 e. The summed E-state index contributed by atoms with van der Waals surface area (Å²) in [5.41, 5.74) is 3.60. The molecular weight excluding hydrogens is 275 g/mol. The highest BCUT2D eigenvalue weighted by atomic mass is 16.7. The molecule has 0 unspecified atom stereocenters. The highest BCUT2D eigenvalue weighted by molar-refractivity contribution is 6.55. The van der Waals surface area contributed by atoms with Crippen molar-refractivity contribution in [1.29, 1.82) is 0 Å². The Morgan fingerprint density at radius 1 is 1.14 bits per heavy atom. The van der Waals surface area contributed by atoms with Crippen molar-refractivity contribution in [2.75, 3.05) is 13.6 Å². The second-order valence-corrected chi connectivity index (χ2v) is 7.02. The monoisotopic (exact) mass is 302 g/mol. The molecule has 2 rings (SSSR count). The van der Waals surface area contributed by atoms with E-state index in [9.17, 15) is 0 Å². The van der Waals surface area contributed by atoms with Crippen LogP contribution in [0.4, 0.5) is 0 Å². The van der Waals surface area contributed by atoms with Gasteiger partial charge in [-0.15, -0.1) is 0 Å². The van der Waals surface area contributed by atoms with Gasteiger partial charge in [0.2, 0.25) is 0 Å². The maximum atomic E-state index is 6.17. The van der Waals surface area contributed by atoms with Crippen LogP contribution in [-0.4, -0.2) is 36.9 Å². The number of likely N-dealkylation sites (N-methyl/N-ethyl adjacent to an activating group) is 1. The van der Waals surface area contributed by atoms with Gasteiger partial charge >= 0.3 is 7.12 Å². The van der Waals surface area contributed by atoms with E-state index >= 15 is 0 Å². The molecule has 0 aromatic carbocycles. The summed E-state index contributed by atoms with van der Waals surface area (Å²) < 4.78 is 12.3. The van der Waals surface area contributed by atoms with Gasteiger partial charge in [-0.1, -0.05) is 6.08 Å². The van der Waals surface area contributed by atoms with Crippen LogP contribution in [-0.2, 0) is 9.31 Å². The Hall–Kier alpha value is -1.17. The zero-order valence-electron chi connectivity index (χ0n) is 14.8. The molecule has 2 heterocycles. The fourth-order valence-corrected chi connectivity index (χ4v) is 2.57. The Labute approximate surface area is 134 Å². The number of rotatable bonds is 4. The second kappa shape index (κ2) is 6.15. The molecule has 0 saturated carbocycles. The van der Waals surface area contributed by atoms with E-state index in [1.165, 1.54) is 0 Å². The molecule has 120 valence electrons. The number of nitrogens with one attached hydrogen (secondary N) is 1. The van der Waals surface area contributed by atoms with Crippen LogP contribution in [0.2, 0.25) is 0 Å². The Kier molecular flexibility index (Phi) is 4.80. The Bertz CT molecular complexity index is 546. The molecule has 4 nitrogen and oxygen atoms in total. The maximum Gasteiger partial charge on any atom is 0.491 e. The summed E-state index contributed by atoms with van der Waals surface area (Å²) in [4.78, 5) is 4.42. The molecule has 1 N–H and O–H groups in total. The number of aromatic nitrogens is 1. The van der Waals surface area contributed by atoms with Crippen LogP contribution < -0.4 is 5.32 Å². The van der Waals surface area contributed by atoms with Gasteiger partial charge in [-0.3, -0.25) is 4.98 Å². The number of pyridine rings is 1. The highest BCUT2D eigenvalue weighted by Gasteiger charge is 2.52. The molecule has 0 radical (unpaired) electrons. The minimum atomic E-state index is -0.328. The molecule has 1 aromatic heterocycles. The molecule has 1 aliphatic heterocycles. The summed E-state index contributed by atoms with van der Waals surface area (Å²) >= 11 is 0. The predicted molar refractivity (Wildman–Crippen MR) is 91.7 cm³/mol. The average Bonchev–Trinajstić information content (AvgIpc) is 2.56. The summed E-state index contributed by atoms with van der Waals surface area (Å²) in [6.07, 6.45) is 2.14. The zero-order valence-corrected chi connectivity index (χ0v) is 14.8. The fraction of sp³-hybridized carbons (Fsp3) is 0.588. The lowest BCUT2D eigenvalue weighted by Crippen LogP contribution is -2.41. The SMILES string of the molecule is CNCC(=Cc1cc(C)nc(C)c1)B1OC(C)(C)C(C)(C)O1. The van der Waals surface area contributed by atoms with E-state index in [1.54, 1.807) is 0 Å². The van der Waals surface area contributed by atoms with Gasteiger partial charge in [-0.05, 0) is 71.8 Å². The van der Waals surface area contributed by atoms with Crippen LogP contribution in [0.5, 0.6) is 0 Å². The van der Waals surface area contributed by atoms with Crippen molar-refractivity contribution in [2.24, 2.45) is 0 Å². The third kappa shape index (κ3) is 3.59. The van der Waals surface area contributed by atoms with E-state index in [-0.39, 0.29) is 18.3 Å². The molecule has 0 aliphatic carbocycles. The quantitative estimate of drug-likeness (QED) is 0.869. The lowest BCUT2D eigenvalue weighted by atomic mass is 9.77. The van der Waals surface area contributed by atoms with Crippen molar-refractivity contribution in [3.63, 3.8) is 0 Å². The zero-order chi connectivity index (χ0) is 16.5. The lowest BCUT2D eigenvalue weighted by molar-refractivity contribution is 0.00578. The first-order valence-electron chi connectivity index (χ1n) is 7.80. The van der Waals surface area contributed by atoms with Gasteiger partial charge in [0, 0.05) is 17.9 Å². The van der Waals surface area contributed by atoms with Gasteiger partial charge in [0.05, 0.1) is 11.2 Å². The van der Waals surface area contributed by atoms with Crippen molar-refractivity contribution >= 4 is 13.2 Å². The largest absolute Gasteiger partial charge is 0.491 e. The molecule has 0 spiro atoms. The molecule has 1 fully saturated rings. The molecule has 1 aliphatic rings. The topological polar surface area (TPSA) is 43.4 Å². The average molecular weight is 302 g/mol. The van der Waals surface area contributed by atoms with Gasteiger partial charge < -0.3 is 14.6 Å². The summed E-state index contributed by atoms with van der Waals surface area (Å²) in [5, 5.41) is 3.20. The van der Waals surface area contributed by atoms with E-state index in [1.807, 2.05) is 20.9 Å².